The van der Waals surface area contributed by atoms with Gasteiger partial charge in [-0.05, 0) is 42.8 Å². The Kier molecular flexibility index (Phi) is 6.62. The number of hydrogen-bond donors (Lipinski definition) is 1. The number of benzene rings is 2. The normalized spacial score (nSPS) is 16.5. The van der Waals surface area contributed by atoms with E-state index in [1.807, 2.05) is 19.1 Å². The summed E-state index contributed by atoms with van der Waals surface area (Å²) in [5, 5.41) is 3.54. The number of ether oxygens (including phenoxy) is 1. The maximum atomic E-state index is 12.9. The maximum absolute atomic E-state index is 12.9. The van der Waals surface area contributed by atoms with Gasteiger partial charge >= 0.3 is 0 Å². The Balaban J connectivity index is 1.82. The Morgan fingerprint density at radius 2 is 1.75 bits per heavy atom. The second-order valence-corrected chi connectivity index (χ2v) is 9.16. The third kappa shape index (κ3) is 4.67. The van der Waals surface area contributed by atoms with Crippen LogP contribution in [0.4, 0.5) is 0 Å². The van der Waals surface area contributed by atoms with Gasteiger partial charge in [0.15, 0.2) is 0 Å². The molecule has 0 spiro atoms. The molecule has 1 saturated heterocycles. The highest BCUT2D eigenvalue weighted by atomic mass is 35.5. The van der Waals surface area contributed by atoms with Crippen LogP contribution in [0.1, 0.15) is 28.9 Å². The minimum atomic E-state index is -3.81. The van der Waals surface area contributed by atoms with Gasteiger partial charge in [0.25, 0.3) is 5.91 Å². The SMILES string of the molecule is C[C@H](NC(=O)c1ccc(Cl)c(S(=O)(=O)N2CCOCC2)c1)c1ccc(Cl)cc1. The Labute approximate surface area is 174 Å². The zero-order valence-electron chi connectivity index (χ0n) is 15.2. The van der Waals surface area contributed by atoms with Crippen molar-refractivity contribution in [1.82, 2.24) is 9.62 Å². The molecule has 0 radical (unpaired) electrons. The summed E-state index contributed by atoms with van der Waals surface area (Å²) >= 11 is 12.0. The first-order chi connectivity index (χ1) is 13.3. The minimum Gasteiger partial charge on any atom is -0.379 e. The number of nitrogens with zero attached hydrogens (tertiary/aromatic N) is 1. The Hall–Kier alpha value is -1.64. The Morgan fingerprint density at radius 1 is 1.11 bits per heavy atom. The van der Waals surface area contributed by atoms with Crippen LogP contribution in [0.25, 0.3) is 0 Å². The summed E-state index contributed by atoms with van der Waals surface area (Å²) < 4.78 is 32.3. The number of morpholine rings is 1. The predicted molar refractivity (Wildman–Crippen MR) is 108 cm³/mol. The molecule has 0 unspecified atom stereocenters. The number of amides is 1. The fraction of sp³-hybridized carbons (Fsp3) is 0.316. The average Bonchev–Trinajstić information content (AvgIpc) is 2.69. The molecular formula is C19H20Cl2N2O4S. The second kappa shape index (κ2) is 8.80. The van der Waals surface area contributed by atoms with Crippen LogP contribution in [0.5, 0.6) is 0 Å². The van der Waals surface area contributed by atoms with Crippen LogP contribution in [-0.2, 0) is 14.8 Å². The first kappa shape index (κ1) is 21.1. The van der Waals surface area contributed by atoms with Crippen LogP contribution in [0, 0.1) is 0 Å². The molecule has 0 bridgehead atoms. The van der Waals surface area contributed by atoms with Crippen molar-refractivity contribution >= 4 is 39.1 Å². The molecule has 1 amide bonds. The summed E-state index contributed by atoms with van der Waals surface area (Å²) in [6.45, 7) is 3.00. The fourth-order valence-electron chi connectivity index (χ4n) is 2.88. The van der Waals surface area contributed by atoms with E-state index in [2.05, 4.69) is 5.32 Å². The molecule has 1 aliphatic heterocycles. The van der Waals surface area contributed by atoms with Crippen LogP contribution in [0.3, 0.4) is 0 Å². The lowest BCUT2D eigenvalue weighted by atomic mass is 10.1. The van der Waals surface area contributed by atoms with E-state index >= 15 is 0 Å². The van der Waals surface area contributed by atoms with E-state index in [9.17, 15) is 13.2 Å². The van der Waals surface area contributed by atoms with Gasteiger partial charge in [0.05, 0.1) is 24.3 Å². The smallest absolute Gasteiger partial charge is 0.251 e. The highest BCUT2D eigenvalue weighted by molar-refractivity contribution is 7.89. The largest absolute Gasteiger partial charge is 0.379 e. The fourth-order valence-corrected chi connectivity index (χ4v) is 4.92. The van der Waals surface area contributed by atoms with E-state index in [0.717, 1.165) is 5.56 Å². The third-order valence-corrected chi connectivity index (χ3v) is 7.13. The molecule has 0 aromatic heterocycles. The molecule has 1 aliphatic rings. The molecule has 150 valence electrons. The third-order valence-electron chi connectivity index (χ3n) is 4.50. The Bertz CT molecular complexity index is 958. The van der Waals surface area contributed by atoms with Gasteiger partial charge in [-0.2, -0.15) is 4.31 Å². The Morgan fingerprint density at radius 3 is 2.39 bits per heavy atom. The van der Waals surface area contributed by atoms with Gasteiger partial charge in [0.1, 0.15) is 4.90 Å². The van der Waals surface area contributed by atoms with Crippen molar-refractivity contribution in [3.8, 4) is 0 Å². The summed E-state index contributed by atoms with van der Waals surface area (Å²) in [6, 6.07) is 11.1. The average molecular weight is 443 g/mol. The number of halogens is 2. The summed E-state index contributed by atoms with van der Waals surface area (Å²) in [5.74, 6) is -0.391. The molecule has 1 fully saturated rings. The molecule has 6 nitrogen and oxygen atoms in total. The number of rotatable bonds is 5. The van der Waals surface area contributed by atoms with Gasteiger partial charge in [0.2, 0.25) is 10.0 Å². The van der Waals surface area contributed by atoms with Crippen molar-refractivity contribution in [1.29, 1.82) is 0 Å². The molecule has 0 aliphatic carbocycles. The molecule has 1 heterocycles. The number of sulfonamides is 1. The van der Waals surface area contributed by atoms with E-state index in [1.54, 1.807) is 12.1 Å². The maximum Gasteiger partial charge on any atom is 0.251 e. The van der Waals surface area contributed by atoms with Gasteiger partial charge in [-0.1, -0.05) is 35.3 Å². The molecule has 28 heavy (non-hydrogen) atoms. The van der Waals surface area contributed by atoms with Gasteiger partial charge in [-0.15, -0.1) is 0 Å². The summed E-state index contributed by atoms with van der Waals surface area (Å²) in [6.07, 6.45) is 0. The van der Waals surface area contributed by atoms with Crippen LogP contribution < -0.4 is 5.32 Å². The van der Waals surface area contributed by atoms with Crippen LogP contribution in [0.2, 0.25) is 10.0 Å². The van der Waals surface area contributed by atoms with Crippen molar-refractivity contribution in [3.05, 3.63) is 63.6 Å². The molecule has 2 aromatic carbocycles. The molecule has 9 heteroatoms. The topological polar surface area (TPSA) is 75.7 Å². The quantitative estimate of drug-likeness (QED) is 0.768. The number of nitrogens with one attached hydrogen (secondary N) is 1. The van der Waals surface area contributed by atoms with Gasteiger partial charge in [-0.3, -0.25) is 4.79 Å². The standard InChI is InChI=1S/C19H20Cl2N2O4S/c1-13(14-2-5-16(20)6-3-14)22-19(24)15-4-7-17(21)18(12-15)28(25,26)23-8-10-27-11-9-23/h2-7,12-13H,8-11H2,1H3,(H,22,24)/t13-/m0/s1. The predicted octanol–water partition coefficient (Wildman–Crippen LogP) is 3.51. The molecule has 3 rings (SSSR count). The summed E-state index contributed by atoms with van der Waals surface area (Å²) in [5.41, 5.74) is 1.10. The molecule has 0 saturated carbocycles. The summed E-state index contributed by atoms with van der Waals surface area (Å²) in [4.78, 5) is 12.6. The van der Waals surface area contributed by atoms with Crippen LogP contribution in [0.15, 0.2) is 47.4 Å². The monoisotopic (exact) mass is 442 g/mol. The molecule has 2 aromatic rings. The van der Waals surface area contributed by atoms with Crippen molar-refractivity contribution < 1.29 is 17.9 Å². The second-order valence-electron chi connectivity index (χ2n) is 6.41. The highest BCUT2D eigenvalue weighted by Crippen LogP contribution is 2.27. The molecular weight excluding hydrogens is 423 g/mol. The lowest BCUT2D eigenvalue weighted by Gasteiger charge is -2.26. The first-order valence-electron chi connectivity index (χ1n) is 8.73. The minimum absolute atomic E-state index is 0.0776. The molecule has 1 atom stereocenters. The summed E-state index contributed by atoms with van der Waals surface area (Å²) in [7, 11) is -3.81. The van der Waals surface area contributed by atoms with Crippen molar-refractivity contribution in [2.75, 3.05) is 26.3 Å². The molecule has 1 N–H and O–H groups in total. The zero-order valence-corrected chi connectivity index (χ0v) is 17.5. The number of carbonyl (C=O) groups excluding carboxylic acids is 1. The highest BCUT2D eigenvalue weighted by Gasteiger charge is 2.29. The van der Waals surface area contributed by atoms with Crippen molar-refractivity contribution in [2.24, 2.45) is 0 Å². The van der Waals surface area contributed by atoms with Gasteiger partial charge in [0, 0.05) is 23.7 Å². The van der Waals surface area contributed by atoms with Crippen molar-refractivity contribution in [3.63, 3.8) is 0 Å². The van der Waals surface area contributed by atoms with E-state index in [-0.39, 0.29) is 34.6 Å². The van der Waals surface area contributed by atoms with Crippen LogP contribution in [-0.4, -0.2) is 44.9 Å². The van der Waals surface area contributed by atoms with Gasteiger partial charge in [-0.25, -0.2) is 8.42 Å². The number of hydrogen-bond acceptors (Lipinski definition) is 4. The lowest BCUT2D eigenvalue weighted by Crippen LogP contribution is -2.40. The van der Waals surface area contributed by atoms with E-state index in [4.69, 9.17) is 27.9 Å². The van der Waals surface area contributed by atoms with E-state index in [0.29, 0.717) is 18.2 Å². The van der Waals surface area contributed by atoms with E-state index < -0.39 is 15.9 Å². The van der Waals surface area contributed by atoms with Crippen LogP contribution >= 0.6 is 23.2 Å². The van der Waals surface area contributed by atoms with Crippen molar-refractivity contribution in [2.45, 2.75) is 17.9 Å². The number of carbonyl (C=O) groups is 1. The van der Waals surface area contributed by atoms with Gasteiger partial charge < -0.3 is 10.1 Å². The first-order valence-corrected chi connectivity index (χ1v) is 10.9. The van der Waals surface area contributed by atoms with E-state index in [1.165, 1.54) is 22.5 Å². The lowest BCUT2D eigenvalue weighted by molar-refractivity contribution is 0.0730. The zero-order chi connectivity index (χ0) is 20.3.